The van der Waals surface area contributed by atoms with Gasteiger partial charge in [0.25, 0.3) is 5.56 Å². The zero-order valence-corrected chi connectivity index (χ0v) is 18.4. The number of ether oxygens (including phenoxy) is 1. The van der Waals surface area contributed by atoms with Crippen LogP contribution >= 0.6 is 11.3 Å². The normalized spacial score (nSPS) is 12.4. The molecule has 0 radical (unpaired) electrons. The second-order valence-electron chi connectivity index (χ2n) is 7.28. The van der Waals surface area contributed by atoms with Gasteiger partial charge in [0.05, 0.1) is 12.0 Å². The fraction of sp³-hybridized carbons (Fsp3) is 0.409. The number of carbonyl (C=O) groups excluding carboxylic acids is 1. The highest BCUT2D eigenvalue weighted by Crippen LogP contribution is 2.36. The topological polar surface area (TPSA) is 87.2 Å². The minimum Gasteiger partial charge on any atom is -0.384 e. The number of fused-ring (bicyclic) bond motifs is 1. The lowest BCUT2D eigenvalue weighted by atomic mass is 9.99. The third-order valence-corrected chi connectivity index (χ3v) is 6.36. The minimum atomic E-state index is -0.737. The van der Waals surface area contributed by atoms with E-state index in [4.69, 9.17) is 15.5 Å². The molecule has 0 bridgehead atoms. The van der Waals surface area contributed by atoms with Crippen LogP contribution in [0.15, 0.2) is 23.0 Å². The van der Waals surface area contributed by atoms with Crippen molar-refractivity contribution in [3.63, 3.8) is 0 Å². The molecule has 0 aliphatic rings. The molecule has 0 aliphatic heterocycles. The van der Waals surface area contributed by atoms with Gasteiger partial charge in [-0.3, -0.25) is 14.2 Å². The first-order valence-corrected chi connectivity index (χ1v) is 10.5. The molecule has 1 aromatic carbocycles. The monoisotopic (exact) mass is 413 g/mol. The number of rotatable bonds is 7. The molecule has 6 nitrogen and oxygen atoms in total. The predicted octanol–water partition coefficient (Wildman–Crippen LogP) is 3.68. The van der Waals surface area contributed by atoms with Gasteiger partial charge in [0.2, 0.25) is 5.91 Å². The summed E-state index contributed by atoms with van der Waals surface area (Å²) in [6.07, 6.45) is 0.853. The van der Waals surface area contributed by atoms with Crippen LogP contribution in [-0.4, -0.2) is 29.2 Å². The lowest BCUT2D eigenvalue weighted by molar-refractivity contribution is -0.121. The smallest absolute Gasteiger partial charge is 0.263 e. The van der Waals surface area contributed by atoms with Crippen LogP contribution < -0.4 is 11.3 Å². The SMILES string of the molecule is CCC(C(N)=O)n1c(CCOC)nc2sc(C)c(-c3ccc(C)c(C)c3)c2c1=O. The molecule has 7 heteroatoms. The van der Waals surface area contributed by atoms with Crippen molar-refractivity contribution >= 4 is 27.5 Å². The first-order chi connectivity index (χ1) is 13.8. The standard InChI is InChI=1S/C22H27N3O3S/c1-6-16(20(23)26)25-17(9-10-28-5)24-21-19(22(25)27)18(14(4)29-21)15-8-7-12(2)13(3)11-15/h7-8,11,16H,6,9-10H2,1-5H3,(H2,23,26). The van der Waals surface area contributed by atoms with Crippen molar-refractivity contribution in [3.05, 3.63) is 50.4 Å². The van der Waals surface area contributed by atoms with E-state index in [9.17, 15) is 9.59 Å². The molecule has 1 unspecified atom stereocenters. The van der Waals surface area contributed by atoms with Crippen LogP contribution in [0.2, 0.25) is 0 Å². The second kappa shape index (κ2) is 8.47. The van der Waals surface area contributed by atoms with Crippen molar-refractivity contribution in [2.75, 3.05) is 13.7 Å². The van der Waals surface area contributed by atoms with Crippen molar-refractivity contribution in [2.24, 2.45) is 5.73 Å². The van der Waals surface area contributed by atoms with Gasteiger partial charge in [-0.1, -0.05) is 25.1 Å². The number of carbonyl (C=O) groups is 1. The van der Waals surface area contributed by atoms with Crippen molar-refractivity contribution in [3.8, 4) is 11.1 Å². The Balaban J connectivity index is 2.36. The first-order valence-electron chi connectivity index (χ1n) is 9.70. The lowest BCUT2D eigenvalue weighted by Gasteiger charge is -2.19. The highest BCUT2D eigenvalue weighted by Gasteiger charge is 2.25. The lowest BCUT2D eigenvalue weighted by Crippen LogP contribution is -2.36. The molecular weight excluding hydrogens is 386 g/mol. The summed E-state index contributed by atoms with van der Waals surface area (Å²) in [6.45, 7) is 8.37. The summed E-state index contributed by atoms with van der Waals surface area (Å²) in [4.78, 5) is 32.2. The van der Waals surface area contributed by atoms with E-state index in [1.54, 1.807) is 7.11 Å². The van der Waals surface area contributed by atoms with Crippen LogP contribution in [0.5, 0.6) is 0 Å². The van der Waals surface area contributed by atoms with Gasteiger partial charge < -0.3 is 10.5 Å². The maximum atomic E-state index is 13.7. The average Bonchev–Trinajstić information content (AvgIpc) is 3.00. The highest BCUT2D eigenvalue weighted by molar-refractivity contribution is 7.19. The molecule has 0 saturated carbocycles. The molecular formula is C22H27N3O3S. The van der Waals surface area contributed by atoms with E-state index in [1.807, 2.05) is 19.9 Å². The molecule has 154 valence electrons. The van der Waals surface area contributed by atoms with Crippen LogP contribution in [0.25, 0.3) is 21.3 Å². The van der Waals surface area contributed by atoms with Crippen LogP contribution in [0.3, 0.4) is 0 Å². The van der Waals surface area contributed by atoms with Gasteiger partial charge in [0.1, 0.15) is 16.7 Å². The first kappa shape index (κ1) is 21.2. The zero-order chi connectivity index (χ0) is 21.3. The number of primary amides is 1. The summed E-state index contributed by atoms with van der Waals surface area (Å²) in [5, 5.41) is 0.552. The Morgan fingerprint density at radius 3 is 2.59 bits per heavy atom. The molecule has 2 N–H and O–H groups in total. The summed E-state index contributed by atoms with van der Waals surface area (Å²) in [5.74, 6) is -0.00279. The van der Waals surface area contributed by atoms with Gasteiger partial charge in [-0.25, -0.2) is 4.98 Å². The third-order valence-electron chi connectivity index (χ3n) is 5.36. The molecule has 1 atom stereocenters. The minimum absolute atomic E-state index is 0.218. The molecule has 3 aromatic rings. The Labute approximate surface area is 174 Å². The zero-order valence-electron chi connectivity index (χ0n) is 17.5. The number of benzene rings is 1. The Morgan fingerprint density at radius 2 is 2.00 bits per heavy atom. The van der Waals surface area contributed by atoms with E-state index in [-0.39, 0.29) is 5.56 Å². The van der Waals surface area contributed by atoms with Crippen LogP contribution in [0, 0.1) is 20.8 Å². The van der Waals surface area contributed by atoms with Gasteiger partial charge in [-0.2, -0.15) is 0 Å². The van der Waals surface area contributed by atoms with E-state index in [0.717, 1.165) is 21.6 Å². The Bertz CT molecular complexity index is 1130. The van der Waals surface area contributed by atoms with Gasteiger partial charge in [-0.05, 0) is 43.9 Å². The summed E-state index contributed by atoms with van der Waals surface area (Å²) < 4.78 is 6.65. The number of methoxy groups -OCH3 is 1. The summed E-state index contributed by atoms with van der Waals surface area (Å²) in [5.41, 5.74) is 9.64. The van der Waals surface area contributed by atoms with Gasteiger partial charge in [0, 0.05) is 24.0 Å². The van der Waals surface area contributed by atoms with Crippen molar-refractivity contribution in [1.29, 1.82) is 0 Å². The predicted molar refractivity (Wildman–Crippen MR) is 118 cm³/mol. The molecule has 0 fully saturated rings. The molecule has 29 heavy (non-hydrogen) atoms. The Kier molecular flexibility index (Phi) is 6.19. The van der Waals surface area contributed by atoms with Gasteiger partial charge >= 0.3 is 0 Å². The molecule has 0 aliphatic carbocycles. The second-order valence-corrected chi connectivity index (χ2v) is 8.49. The highest BCUT2D eigenvalue weighted by atomic mass is 32.1. The number of aromatic nitrogens is 2. The number of hydrogen-bond donors (Lipinski definition) is 1. The Hall–Kier alpha value is -2.51. The van der Waals surface area contributed by atoms with Crippen LogP contribution in [0.1, 0.15) is 41.2 Å². The van der Waals surface area contributed by atoms with Gasteiger partial charge in [0.15, 0.2) is 0 Å². The van der Waals surface area contributed by atoms with E-state index in [2.05, 4.69) is 26.0 Å². The number of amides is 1. The summed E-state index contributed by atoms with van der Waals surface area (Å²) >= 11 is 1.50. The fourth-order valence-corrected chi connectivity index (χ4v) is 4.72. The number of aryl methyl sites for hydroxylation is 3. The largest absolute Gasteiger partial charge is 0.384 e. The van der Waals surface area contributed by atoms with Crippen molar-refractivity contribution < 1.29 is 9.53 Å². The molecule has 3 rings (SSSR count). The fourth-order valence-electron chi connectivity index (χ4n) is 3.66. The molecule has 0 saturated heterocycles. The maximum absolute atomic E-state index is 13.7. The number of nitrogens with two attached hydrogens (primary N) is 1. The number of nitrogens with zero attached hydrogens (tertiary/aromatic N) is 2. The molecule has 1 amide bonds. The molecule has 0 spiro atoms. The van der Waals surface area contributed by atoms with Crippen LogP contribution in [0.4, 0.5) is 0 Å². The number of thiophene rings is 1. The summed E-state index contributed by atoms with van der Waals surface area (Å²) in [6, 6.07) is 5.45. The van der Waals surface area contributed by atoms with Crippen molar-refractivity contribution in [2.45, 2.75) is 46.6 Å². The maximum Gasteiger partial charge on any atom is 0.263 e. The quantitative estimate of drug-likeness (QED) is 0.640. The Morgan fingerprint density at radius 1 is 1.28 bits per heavy atom. The van der Waals surface area contributed by atoms with Crippen molar-refractivity contribution in [1.82, 2.24) is 9.55 Å². The molecule has 2 heterocycles. The van der Waals surface area contributed by atoms with E-state index >= 15 is 0 Å². The van der Waals surface area contributed by atoms with Gasteiger partial charge in [-0.15, -0.1) is 11.3 Å². The van der Waals surface area contributed by atoms with E-state index in [0.29, 0.717) is 35.5 Å². The molecule has 2 aromatic heterocycles. The van der Waals surface area contributed by atoms with E-state index < -0.39 is 11.9 Å². The third kappa shape index (κ3) is 3.84. The summed E-state index contributed by atoms with van der Waals surface area (Å²) in [7, 11) is 1.60. The van der Waals surface area contributed by atoms with E-state index in [1.165, 1.54) is 21.5 Å². The van der Waals surface area contributed by atoms with Crippen LogP contribution in [-0.2, 0) is 16.0 Å². The average molecular weight is 414 g/mol. The number of hydrogen-bond acceptors (Lipinski definition) is 5.